The molecule has 2 aromatic heterocycles. The minimum Gasteiger partial charge on any atom is -0.469 e. The minimum atomic E-state index is -0.186. The lowest BCUT2D eigenvalue weighted by molar-refractivity contribution is -0.148. The van der Waals surface area contributed by atoms with Gasteiger partial charge in [-0.1, -0.05) is 11.2 Å². The highest BCUT2D eigenvalue weighted by Gasteiger charge is 2.27. The average Bonchev–Trinajstić information content (AvgIpc) is 3.30. The summed E-state index contributed by atoms with van der Waals surface area (Å²) in [6, 6.07) is 3.85. The molecule has 7 nitrogen and oxygen atoms in total. The van der Waals surface area contributed by atoms with Crippen molar-refractivity contribution < 1.29 is 18.8 Å². The van der Waals surface area contributed by atoms with Crippen molar-refractivity contribution >= 4 is 23.2 Å². The Morgan fingerprint density at radius 1 is 1.42 bits per heavy atom. The highest BCUT2D eigenvalue weighted by molar-refractivity contribution is 7.13. The van der Waals surface area contributed by atoms with Crippen molar-refractivity contribution in [2.75, 3.05) is 20.2 Å². The van der Waals surface area contributed by atoms with E-state index in [-0.39, 0.29) is 17.8 Å². The van der Waals surface area contributed by atoms with E-state index < -0.39 is 0 Å². The first-order valence-corrected chi connectivity index (χ1v) is 8.77. The smallest absolute Gasteiger partial charge is 0.308 e. The molecule has 1 aliphatic heterocycles. The summed E-state index contributed by atoms with van der Waals surface area (Å²) in [5.41, 5.74) is 0. The maximum Gasteiger partial charge on any atom is 0.308 e. The van der Waals surface area contributed by atoms with Gasteiger partial charge in [-0.2, -0.15) is 4.98 Å². The molecule has 3 heterocycles. The Labute approximate surface area is 143 Å². The number of carbonyl (C=O) groups excluding carboxylic acids is 2. The van der Waals surface area contributed by atoms with Gasteiger partial charge in [0.05, 0.1) is 17.9 Å². The van der Waals surface area contributed by atoms with E-state index in [9.17, 15) is 9.59 Å². The molecule has 0 bridgehead atoms. The van der Waals surface area contributed by atoms with Crippen LogP contribution in [0.4, 0.5) is 0 Å². The minimum absolute atomic E-state index is 0.0502. The number of esters is 1. The number of rotatable bonds is 5. The van der Waals surface area contributed by atoms with Crippen LogP contribution >= 0.6 is 11.3 Å². The number of hydrogen-bond acceptors (Lipinski definition) is 7. The van der Waals surface area contributed by atoms with Gasteiger partial charge >= 0.3 is 5.97 Å². The van der Waals surface area contributed by atoms with E-state index in [0.29, 0.717) is 50.5 Å². The van der Waals surface area contributed by atoms with E-state index >= 15 is 0 Å². The second kappa shape index (κ2) is 7.57. The lowest BCUT2D eigenvalue weighted by Gasteiger charge is -2.30. The fourth-order valence-electron chi connectivity index (χ4n) is 2.77. The zero-order chi connectivity index (χ0) is 16.9. The SMILES string of the molecule is COC(=O)C1CCN(C(=O)CCc2nc(-c3cccs3)no2)CC1. The van der Waals surface area contributed by atoms with Gasteiger partial charge in [0, 0.05) is 25.9 Å². The van der Waals surface area contributed by atoms with Gasteiger partial charge in [-0.25, -0.2) is 0 Å². The summed E-state index contributed by atoms with van der Waals surface area (Å²) in [4.78, 5) is 30.8. The summed E-state index contributed by atoms with van der Waals surface area (Å²) >= 11 is 1.54. The third kappa shape index (κ3) is 3.81. The third-order valence-corrected chi connectivity index (χ3v) is 5.01. The zero-order valence-electron chi connectivity index (χ0n) is 13.4. The van der Waals surface area contributed by atoms with Gasteiger partial charge in [0.2, 0.25) is 17.6 Å². The number of carbonyl (C=O) groups is 2. The topological polar surface area (TPSA) is 85.5 Å². The molecular formula is C16H19N3O4S. The van der Waals surface area contributed by atoms with Gasteiger partial charge in [0.15, 0.2) is 0 Å². The number of amides is 1. The van der Waals surface area contributed by atoms with E-state index in [1.807, 2.05) is 17.5 Å². The Bertz CT molecular complexity index is 690. The number of likely N-dealkylation sites (tertiary alicyclic amines) is 1. The number of ether oxygens (including phenoxy) is 1. The Kier molecular flexibility index (Phi) is 5.24. The lowest BCUT2D eigenvalue weighted by atomic mass is 9.97. The van der Waals surface area contributed by atoms with Crippen molar-refractivity contribution in [2.24, 2.45) is 5.92 Å². The predicted molar refractivity (Wildman–Crippen MR) is 87.3 cm³/mol. The number of methoxy groups -OCH3 is 1. The molecule has 2 aromatic rings. The van der Waals surface area contributed by atoms with E-state index in [1.165, 1.54) is 7.11 Å². The van der Waals surface area contributed by atoms with Crippen LogP contribution in [0.1, 0.15) is 25.2 Å². The summed E-state index contributed by atoms with van der Waals surface area (Å²) in [6.45, 7) is 1.17. The number of thiophene rings is 1. The number of hydrogen-bond donors (Lipinski definition) is 0. The van der Waals surface area contributed by atoms with Gasteiger partial charge in [-0.15, -0.1) is 11.3 Å². The number of piperidine rings is 1. The van der Waals surface area contributed by atoms with Gasteiger partial charge < -0.3 is 14.2 Å². The molecule has 1 amide bonds. The van der Waals surface area contributed by atoms with Crippen molar-refractivity contribution in [1.82, 2.24) is 15.0 Å². The van der Waals surface area contributed by atoms with Crippen LogP contribution in [0.2, 0.25) is 0 Å². The summed E-state index contributed by atoms with van der Waals surface area (Å²) in [7, 11) is 1.40. The molecule has 0 N–H and O–H groups in total. The van der Waals surface area contributed by atoms with Crippen LogP contribution in [-0.4, -0.2) is 47.1 Å². The molecule has 0 saturated carbocycles. The predicted octanol–water partition coefficient (Wildman–Crippen LogP) is 2.14. The highest BCUT2D eigenvalue weighted by atomic mass is 32.1. The first-order valence-electron chi connectivity index (χ1n) is 7.89. The maximum atomic E-state index is 12.3. The van der Waals surface area contributed by atoms with Crippen LogP contribution in [0, 0.1) is 5.92 Å². The third-order valence-electron chi connectivity index (χ3n) is 4.14. The number of aromatic nitrogens is 2. The van der Waals surface area contributed by atoms with Crippen molar-refractivity contribution in [2.45, 2.75) is 25.7 Å². The molecule has 8 heteroatoms. The Hall–Kier alpha value is -2.22. The second-order valence-electron chi connectivity index (χ2n) is 5.67. The quantitative estimate of drug-likeness (QED) is 0.769. The molecule has 0 spiro atoms. The van der Waals surface area contributed by atoms with Crippen molar-refractivity contribution in [3.63, 3.8) is 0 Å². The summed E-state index contributed by atoms with van der Waals surface area (Å²) in [5.74, 6) is 0.800. The van der Waals surface area contributed by atoms with Gasteiger partial charge in [0.25, 0.3) is 0 Å². The second-order valence-corrected chi connectivity index (χ2v) is 6.61. The van der Waals surface area contributed by atoms with E-state index in [1.54, 1.807) is 16.2 Å². The highest BCUT2D eigenvalue weighted by Crippen LogP contribution is 2.22. The molecule has 1 aliphatic rings. The van der Waals surface area contributed by atoms with Crippen LogP contribution in [0.15, 0.2) is 22.0 Å². The maximum absolute atomic E-state index is 12.3. The largest absolute Gasteiger partial charge is 0.469 e. The van der Waals surface area contributed by atoms with E-state index in [4.69, 9.17) is 9.26 Å². The standard InChI is InChI=1S/C16H19N3O4S/c1-22-16(21)11-6-8-19(9-7-11)14(20)5-4-13-17-15(18-23-13)12-3-2-10-24-12/h2-3,10-11H,4-9H2,1H3. The molecule has 1 fully saturated rings. The van der Waals surface area contributed by atoms with Crippen LogP contribution < -0.4 is 0 Å². The van der Waals surface area contributed by atoms with Crippen LogP contribution in [0.25, 0.3) is 10.7 Å². The summed E-state index contributed by atoms with van der Waals surface area (Å²) in [5, 5.41) is 5.89. The normalized spacial score (nSPS) is 15.5. The molecule has 0 atom stereocenters. The molecule has 128 valence electrons. The van der Waals surface area contributed by atoms with Crippen molar-refractivity contribution in [3.8, 4) is 10.7 Å². The van der Waals surface area contributed by atoms with E-state index in [2.05, 4.69) is 10.1 Å². The Balaban J connectivity index is 1.47. The zero-order valence-corrected chi connectivity index (χ0v) is 14.3. The monoisotopic (exact) mass is 349 g/mol. The van der Waals surface area contributed by atoms with Crippen LogP contribution in [-0.2, 0) is 20.7 Å². The van der Waals surface area contributed by atoms with Gasteiger partial charge in [-0.05, 0) is 24.3 Å². The molecule has 24 heavy (non-hydrogen) atoms. The summed E-state index contributed by atoms with van der Waals surface area (Å²) < 4.78 is 9.96. The first kappa shape index (κ1) is 16.6. The van der Waals surface area contributed by atoms with Gasteiger partial charge in [-0.3, -0.25) is 9.59 Å². The van der Waals surface area contributed by atoms with Gasteiger partial charge in [0.1, 0.15) is 0 Å². The fourth-order valence-corrected chi connectivity index (χ4v) is 3.41. The molecule has 3 rings (SSSR count). The molecule has 0 aromatic carbocycles. The Morgan fingerprint density at radius 2 is 2.21 bits per heavy atom. The van der Waals surface area contributed by atoms with Crippen LogP contribution in [0.5, 0.6) is 0 Å². The molecule has 1 saturated heterocycles. The number of nitrogens with zero attached hydrogens (tertiary/aromatic N) is 3. The number of aryl methyl sites for hydroxylation is 1. The summed E-state index contributed by atoms with van der Waals surface area (Å²) in [6.07, 6.45) is 2.06. The van der Waals surface area contributed by atoms with Crippen molar-refractivity contribution in [3.05, 3.63) is 23.4 Å². The first-order chi connectivity index (χ1) is 11.7. The molecule has 0 aliphatic carbocycles. The Morgan fingerprint density at radius 3 is 2.88 bits per heavy atom. The molecular weight excluding hydrogens is 330 g/mol. The van der Waals surface area contributed by atoms with E-state index in [0.717, 1.165) is 4.88 Å². The molecule has 0 radical (unpaired) electrons. The molecule has 0 unspecified atom stereocenters. The van der Waals surface area contributed by atoms with Crippen LogP contribution in [0.3, 0.4) is 0 Å². The lowest BCUT2D eigenvalue weighted by Crippen LogP contribution is -2.40. The fraction of sp³-hybridized carbons (Fsp3) is 0.500. The average molecular weight is 349 g/mol. The van der Waals surface area contributed by atoms with Crippen molar-refractivity contribution in [1.29, 1.82) is 0 Å².